The molecule has 1 atom stereocenters. The average molecular weight is 396 g/mol. The lowest BCUT2D eigenvalue weighted by molar-refractivity contribution is -0.121. The summed E-state index contributed by atoms with van der Waals surface area (Å²) in [5, 5.41) is 3.15. The molecule has 2 aromatic rings. The lowest BCUT2D eigenvalue weighted by Gasteiger charge is -2.34. The first-order valence-electron chi connectivity index (χ1n) is 10.3. The number of nitrogens with zero attached hydrogens (tertiary/aromatic N) is 1. The van der Waals surface area contributed by atoms with E-state index in [4.69, 9.17) is 14.2 Å². The Bertz CT molecular complexity index is 806. The average Bonchev–Trinajstić information content (AvgIpc) is 3.24. The Morgan fingerprint density at radius 2 is 1.79 bits per heavy atom. The van der Waals surface area contributed by atoms with Crippen LogP contribution >= 0.6 is 0 Å². The first kappa shape index (κ1) is 19.7. The first-order valence-corrected chi connectivity index (χ1v) is 10.3. The van der Waals surface area contributed by atoms with Gasteiger partial charge in [-0.1, -0.05) is 36.4 Å². The van der Waals surface area contributed by atoms with Gasteiger partial charge in [0, 0.05) is 32.1 Å². The molecule has 1 fully saturated rings. The van der Waals surface area contributed by atoms with Gasteiger partial charge < -0.3 is 19.5 Å². The quantitative estimate of drug-likeness (QED) is 0.743. The van der Waals surface area contributed by atoms with Crippen LogP contribution in [0.2, 0.25) is 0 Å². The number of benzene rings is 2. The number of hydrogen-bond donors (Lipinski definition) is 1. The van der Waals surface area contributed by atoms with Crippen LogP contribution in [0.25, 0.3) is 0 Å². The van der Waals surface area contributed by atoms with Crippen LogP contribution in [-0.4, -0.2) is 56.5 Å². The Morgan fingerprint density at radius 3 is 2.62 bits per heavy atom. The van der Waals surface area contributed by atoms with Gasteiger partial charge >= 0.3 is 0 Å². The van der Waals surface area contributed by atoms with Gasteiger partial charge in [0.1, 0.15) is 0 Å². The third kappa shape index (κ3) is 5.49. The molecule has 6 nitrogen and oxygen atoms in total. The predicted octanol–water partition coefficient (Wildman–Crippen LogP) is 2.41. The van der Waals surface area contributed by atoms with Gasteiger partial charge in [-0.2, -0.15) is 0 Å². The molecule has 0 radical (unpaired) electrons. The highest BCUT2D eigenvalue weighted by Gasteiger charge is 2.22. The van der Waals surface area contributed by atoms with Gasteiger partial charge in [-0.3, -0.25) is 9.69 Å². The van der Waals surface area contributed by atoms with Crippen molar-refractivity contribution in [3.63, 3.8) is 0 Å². The highest BCUT2D eigenvalue weighted by atomic mass is 16.7. The predicted molar refractivity (Wildman–Crippen MR) is 110 cm³/mol. The fraction of sp³-hybridized carbons (Fsp3) is 0.435. The number of rotatable bonds is 8. The van der Waals surface area contributed by atoms with E-state index in [9.17, 15) is 4.79 Å². The van der Waals surface area contributed by atoms with Gasteiger partial charge in [0.25, 0.3) is 0 Å². The Hall–Kier alpha value is -2.57. The van der Waals surface area contributed by atoms with Crippen LogP contribution in [0.3, 0.4) is 0 Å². The minimum absolute atomic E-state index is 0.0778. The number of aryl methyl sites for hydroxylation is 1. The van der Waals surface area contributed by atoms with Crippen molar-refractivity contribution in [2.24, 2.45) is 0 Å². The molecule has 154 valence electrons. The number of fused-ring (bicyclic) bond motifs is 1. The summed E-state index contributed by atoms with van der Waals surface area (Å²) >= 11 is 0. The number of morpholine rings is 1. The molecule has 2 heterocycles. The summed E-state index contributed by atoms with van der Waals surface area (Å²) in [6.07, 6.45) is 2.06. The second-order valence-corrected chi connectivity index (χ2v) is 7.48. The summed E-state index contributed by atoms with van der Waals surface area (Å²) in [6, 6.07) is 16.6. The van der Waals surface area contributed by atoms with Crippen LogP contribution in [0, 0.1) is 0 Å². The normalized spacial score (nSPS) is 17.1. The molecule has 0 aliphatic carbocycles. The van der Waals surface area contributed by atoms with Crippen molar-refractivity contribution in [1.82, 2.24) is 10.2 Å². The van der Waals surface area contributed by atoms with Gasteiger partial charge in [0.2, 0.25) is 12.7 Å². The number of hydrogen-bond acceptors (Lipinski definition) is 5. The van der Waals surface area contributed by atoms with E-state index < -0.39 is 0 Å². The summed E-state index contributed by atoms with van der Waals surface area (Å²) in [5.41, 5.74) is 2.37. The largest absolute Gasteiger partial charge is 0.454 e. The molecule has 6 heteroatoms. The Balaban J connectivity index is 1.29. The van der Waals surface area contributed by atoms with Crippen LogP contribution in [0.4, 0.5) is 0 Å². The molecule has 0 aromatic heterocycles. The van der Waals surface area contributed by atoms with Crippen molar-refractivity contribution >= 4 is 5.91 Å². The monoisotopic (exact) mass is 396 g/mol. The molecule has 2 aliphatic rings. The van der Waals surface area contributed by atoms with Gasteiger partial charge in [-0.25, -0.2) is 0 Å². The van der Waals surface area contributed by atoms with E-state index in [1.807, 2.05) is 24.3 Å². The summed E-state index contributed by atoms with van der Waals surface area (Å²) in [6.45, 7) is 4.24. The van der Waals surface area contributed by atoms with Crippen LogP contribution in [0.15, 0.2) is 48.5 Å². The molecular formula is C23H28N2O4. The smallest absolute Gasteiger partial charge is 0.231 e. The Labute approximate surface area is 171 Å². The van der Waals surface area contributed by atoms with Gasteiger partial charge in [0.05, 0.1) is 13.2 Å². The zero-order chi connectivity index (χ0) is 19.9. The van der Waals surface area contributed by atoms with Crippen LogP contribution in [-0.2, 0) is 22.4 Å². The second kappa shape index (κ2) is 9.76. The zero-order valence-corrected chi connectivity index (χ0v) is 16.6. The SMILES string of the molecule is O=C(CCc1ccc2c(c1)OCO2)NCC(Cc1ccccc1)N1CCOCC1. The molecule has 0 bridgehead atoms. The third-order valence-corrected chi connectivity index (χ3v) is 5.49. The minimum Gasteiger partial charge on any atom is -0.454 e. The standard InChI is InChI=1S/C23H28N2O4/c26-23(9-7-19-6-8-21-22(15-19)29-17-28-21)24-16-20(25-10-12-27-13-11-25)14-18-4-2-1-3-5-18/h1-6,8,15,20H,7,9-14,16-17H2,(H,24,26). The van der Waals surface area contributed by atoms with E-state index in [-0.39, 0.29) is 18.7 Å². The molecule has 1 unspecified atom stereocenters. The maximum absolute atomic E-state index is 12.5. The lowest BCUT2D eigenvalue weighted by Crippen LogP contribution is -2.49. The van der Waals surface area contributed by atoms with Gasteiger partial charge in [0.15, 0.2) is 11.5 Å². The van der Waals surface area contributed by atoms with E-state index >= 15 is 0 Å². The van der Waals surface area contributed by atoms with Crippen molar-refractivity contribution in [3.05, 3.63) is 59.7 Å². The van der Waals surface area contributed by atoms with E-state index in [1.54, 1.807) is 0 Å². The highest BCUT2D eigenvalue weighted by molar-refractivity contribution is 5.76. The van der Waals surface area contributed by atoms with Crippen LogP contribution in [0.5, 0.6) is 11.5 Å². The lowest BCUT2D eigenvalue weighted by atomic mass is 10.0. The fourth-order valence-electron chi connectivity index (χ4n) is 3.83. The van der Waals surface area contributed by atoms with Crippen LogP contribution < -0.4 is 14.8 Å². The van der Waals surface area contributed by atoms with Crippen molar-refractivity contribution in [2.75, 3.05) is 39.6 Å². The van der Waals surface area contributed by atoms with Gasteiger partial charge in [-0.05, 0) is 36.1 Å². The van der Waals surface area contributed by atoms with E-state index in [0.29, 0.717) is 19.4 Å². The summed E-state index contributed by atoms with van der Waals surface area (Å²) in [4.78, 5) is 14.9. The number of amides is 1. The maximum Gasteiger partial charge on any atom is 0.231 e. The number of carbonyl (C=O) groups is 1. The summed E-state index contributed by atoms with van der Waals surface area (Å²) in [5.74, 6) is 1.61. The maximum atomic E-state index is 12.5. The number of carbonyl (C=O) groups excluding carboxylic acids is 1. The van der Waals surface area contributed by atoms with E-state index in [2.05, 4.69) is 34.5 Å². The molecule has 4 rings (SSSR count). The Morgan fingerprint density at radius 1 is 1.00 bits per heavy atom. The number of ether oxygens (including phenoxy) is 3. The molecule has 1 amide bonds. The third-order valence-electron chi connectivity index (χ3n) is 5.49. The van der Waals surface area contributed by atoms with Crippen molar-refractivity contribution in [2.45, 2.75) is 25.3 Å². The van der Waals surface area contributed by atoms with Crippen LogP contribution in [0.1, 0.15) is 17.5 Å². The molecule has 1 N–H and O–H groups in total. The van der Waals surface area contributed by atoms with Crippen molar-refractivity contribution in [3.8, 4) is 11.5 Å². The topological polar surface area (TPSA) is 60.0 Å². The number of nitrogens with one attached hydrogen (secondary N) is 1. The zero-order valence-electron chi connectivity index (χ0n) is 16.6. The van der Waals surface area contributed by atoms with Crippen molar-refractivity contribution in [1.29, 1.82) is 0 Å². The van der Waals surface area contributed by atoms with Gasteiger partial charge in [-0.15, -0.1) is 0 Å². The second-order valence-electron chi connectivity index (χ2n) is 7.48. The van der Waals surface area contributed by atoms with E-state index in [0.717, 1.165) is 49.8 Å². The molecule has 2 aliphatic heterocycles. The molecule has 0 saturated carbocycles. The molecule has 29 heavy (non-hydrogen) atoms. The van der Waals surface area contributed by atoms with Crippen molar-refractivity contribution < 1.29 is 19.0 Å². The minimum atomic E-state index is 0.0778. The van der Waals surface area contributed by atoms with E-state index in [1.165, 1.54) is 5.56 Å². The summed E-state index contributed by atoms with van der Waals surface area (Å²) < 4.78 is 16.2. The highest BCUT2D eigenvalue weighted by Crippen LogP contribution is 2.32. The molecule has 2 aromatic carbocycles. The summed E-state index contributed by atoms with van der Waals surface area (Å²) in [7, 11) is 0. The molecule has 0 spiro atoms. The molecule has 1 saturated heterocycles. The first-order chi connectivity index (χ1) is 14.3. The fourth-order valence-corrected chi connectivity index (χ4v) is 3.83. The Kier molecular flexibility index (Phi) is 6.64. The molecular weight excluding hydrogens is 368 g/mol.